The van der Waals surface area contributed by atoms with Crippen molar-refractivity contribution in [3.8, 4) is 12.1 Å². The molecule has 6 nitrogen and oxygen atoms in total. The number of nitrogens with zero attached hydrogens (tertiary/aromatic N) is 4. The molecule has 0 aromatic rings. The number of ether oxygens (including phenoxy) is 2. The topological polar surface area (TPSA) is 81.6 Å². The summed E-state index contributed by atoms with van der Waals surface area (Å²) in [4.78, 5) is 5.70. The van der Waals surface area contributed by atoms with E-state index in [1.54, 1.807) is 23.2 Å². The van der Waals surface area contributed by atoms with Gasteiger partial charge in [0.2, 0.25) is 12.0 Å². The summed E-state index contributed by atoms with van der Waals surface area (Å²) in [7, 11) is 3.62. The van der Waals surface area contributed by atoms with Crippen molar-refractivity contribution in [3.63, 3.8) is 0 Å². The molecule has 0 aromatic carbocycles. The van der Waals surface area contributed by atoms with Crippen LogP contribution in [0.5, 0.6) is 0 Å². The second-order valence-electron chi connectivity index (χ2n) is 3.44. The predicted octanol–water partition coefficient (Wildman–Crippen LogP) is 1.28. The molecule has 6 heteroatoms. The quantitative estimate of drug-likeness (QED) is 0.502. The molecule has 0 rings (SSSR count). The van der Waals surface area contributed by atoms with Gasteiger partial charge in [0.15, 0.2) is 0 Å². The molecule has 0 N–H and O–H groups in total. The minimum atomic E-state index is -0.681. The Morgan fingerprint density at radius 2 is 1.72 bits per heavy atom. The van der Waals surface area contributed by atoms with E-state index in [9.17, 15) is 0 Å². The van der Waals surface area contributed by atoms with Crippen molar-refractivity contribution in [1.82, 2.24) is 4.90 Å². The molecule has 0 bridgehead atoms. The summed E-state index contributed by atoms with van der Waals surface area (Å²) in [5.41, 5.74) is 0.161. The van der Waals surface area contributed by atoms with Gasteiger partial charge < -0.3 is 14.4 Å². The molecule has 0 atom stereocenters. The van der Waals surface area contributed by atoms with Crippen LogP contribution >= 0.6 is 0 Å². The Labute approximate surface area is 108 Å². The Kier molecular flexibility index (Phi) is 8.21. The summed E-state index contributed by atoms with van der Waals surface area (Å²) in [6.07, 6.45) is 0.976. The van der Waals surface area contributed by atoms with E-state index >= 15 is 0 Å². The summed E-state index contributed by atoms with van der Waals surface area (Å²) in [6.45, 7) is 4.55. The van der Waals surface area contributed by atoms with Crippen molar-refractivity contribution in [1.29, 1.82) is 10.5 Å². The smallest absolute Gasteiger partial charge is 0.218 e. The Balaban J connectivity index is 5.28. The van der Waals surface area contributed by atoms with E-state index in [0.29, 0.717) is 18.9 Å². The van der Waals surface area contributed by atoms with Gasteiger partial charge in [-0.3, -0.25) is 0 Å². The van der Waals surface area contributed by atoms with Crippen molar-refractivity contribution in [2.45, 2.75) is 20.1 Å². The molecule has 0 spiro atoms. The molecule has 0 aliphatic heterocycles. The zero-order valence-electron chi connectivity index (χ0n) is 11.2. The number of rotatable bonds is 7. The van der Waals surface area contributed by atoms with E-state index in [1.165, 1.54) is 0 Å². The first-order chi connectivity index (χ1) is 8.58. The zero-order valence-corrected chi connectivity index (χ0v) is 11.2. The fourth-order valence-electron chi connectivity index (χ4n) is 1.13. The van der Waals surface area contributed by atoms with Crippen LogP contribution in [0.2, 0.25) is 0 Å². The molecular formula is C12H18N4O2. The van der Waals surface area contributed by atoms with Crippen LogP contribution in [0.4, 0.5) is 0 Å². The van der Waals surface area contributed by atoms with Gasteiger partial charge in [-0.05, 0) is 13.8 Å². The highest BCUT2D eigenvalue weighted by Crippen LogP contribution is 2.12. The van der Waals surface area contributed by atoms with Crippen LogP contribution < -0.4 is 0 Å². The number of hydrogen-bond acceptors (Lipinski definition) is 6. The highest BCUT2D eigenvalue weighted by Gasteiger charge is 2.15. The minimum Gasteiger partial charge on any atom is -0.382 e. The van der Waals surface area contributed by atoms with Crippen molar-refractivity contribution in [3.05, 3.63) is 11.9 Å². The lowest BCUT2D eigenvalue weighted by Crippen LogP contribution is -2.21. The van der Waals surface area contributed by atoms with Gasteiger partial charge in [-0.2, -0.15) is 10.5 Å². The maximum Gasteiger partial charge on any atom is 0.218 e. The first-order valence-corrected chi connectivity index (χ1v) is 5.59. The van der Waals surface area contributed by atoms with Crippen molar-refractivity contribution < 1.29 is 9.47 Å². The van der Waals surface area contributed by atoms with Gasteiger partial charge in [-0.25, -0.2) is 4.99 Å². The summed E-state index contributed by atoms with van der Waals surface area (Å²) in [6, 6.07) is 3.43. The fourth-order valence-corrected chi connectivity index (χ4v) is 1.13. The summed E-state index contributed by atoms with van der Waals surface area (Å²) < 4.78 is 10.8. The van der Waals surface area contributed by atoms with E-state index in [4.69, 9.17) is 20.0 Å². The zero-order chi connectivity index (χ0) is 14.0. The average molecular weight is 250 g/mol. The number of hydrogen-bond donors (Lipinski definition) is 0. The lowest BCUT2D eigenvalue weighted by Gasteiger charge is -2.18. The van der Waals surface area contributed by atoms with Gasteiger partial charge in [-0.1, -0.05) is 0 Å². The average Bonchev–Trinajstić information content (AvgIpc) is 2.33. The van der Waals surface area contributed by atoms with Crippen molar-refractivity contribution >= 4 is 5.71 Å². The molecule has 0 aromatic heterocycles. The molecule has 0 aliphatic rings. The van der Waals surface area contributed by atoms with Gasteiger partial charge in [0.05, 0.1) is 0 Å². The number of nitriles is 2. The normalized spacial score (nSPS) is 10.7. The van der Waals surface area contributed by atoms with Crippen LogP contribution in [0.1, 0.15) is 13.8 Å². The standard InChI is InChI=1S/C12H18N4O2/c1-5-17-12(18-6-2)11(9-16(3)4)15-10(7-13)8-14/h9,12H,5-6H2,1-4H3. The SMILES string of the molecule is CCOC(OCC)C(=CN(C)C)N=C(C#N)C#N. The van der Waals surface area contributed by atoms with Crippen LogP contribution in [0.3, 0.4) is 0 Å². The maximum atomic E-state index is 8.72. The number of aliphatic imine (C=N–C) groups is 1. The van der Waals surface area contributed by atoms with Crippen LogP contribution in [-0.4, -0.2) is 44.2 Å². The lowest BCUT2D eigenvalue weighted by molar-refractivity contribution is -0.112. The molecule has 0 saturated carbocycles. The van der Waals surface area contributed by atoms with Gasteiger partial charge in [-0.15, -0.1) is 0 Å². The third-order valence-electron chi connectivity index (χ3n) is 1.72. The molecule has 18 heavy (non-hydrogen) atoms. The molecule has 98 valence electrons. The fraction of sp³-hybridized carbons (Fsp3) is 0.583. The highest BCUT2D eigenvalue weighted by molar-refractivity contribution is 6.10. The van der Waals surface area contributed by atoms with Crippen molar-refractivity contribution in [2.75, 3.05) is 27.3 Å². The molecular weight excluding hydrogens is 232 g/mol. The molecule has 0 amide bonds. The largest absolute Gasteiger partial charge is 0.382 e. The maximum absolute atomic E-state index is 8.72. The monoisotopic (exact) mass is 250 g/mol. The summed E-state index contributed by atoms with van der Waals surface area (Å²) in [5.74, 6) is 0. The third kappa shape index (κ3) is 6.00. The van der Waals surface area contributed by atoms with E-state index < -0.39 is 6.29 Å². The molecule has 0 fully saturated rings. The summed E-state index contributed by atoms with van der Waals surface area (Å²) >= 11 is 0. The van der Waals surface area contributed by atoms with Crippen LogP contribution in [0.15, 0.2) is 16.9 Å². The van der Waals surface area contributed by atoms with Crippen LogP contribution in [-0.2, 0) is 9.47 Å². The lowest BCUT2D eigenvalue weighted by atomic mass is 10.4. The Bertz CT molecular complexity index is 366. The van der Waals surface area contributed by atoms with Gasteiger partial charge >= 0.3 is 0 Å². The van der Waals surface area contributed by atoms with Crippen molar-refractivity contribution in [2.24, 2.45) is 4.99 Å². The van der Waals surface area contributed by atoms with Gasteiger partial charge in [0, 0.05) is 33.5 Å². The van der Waals surface area contributed by atoms with E-state index in [-0.39, 0.29) is 5.71 Å². The molecule has 0 aliphatic carbocycles. The second-order valence-corrected chi connectivity index (χ2v) is 3.44. The second kappa shape index (κ2) is 9.17. The molecule has 0 unspecified atom stereocenters. The van der Waals surface area contributed by atoms with Gasteiger partial charge in [0.1, 0.15) is 17.8 Å². The van der Waals surface area contributed by atoms with E-state index in [1.807, 2.05) is 27.9 Å². The Morgan fingerprint density at radius 3 is 2.06 bits per heavy atom. The molecule has 0 heterocycles. The van der Waals surface area contributed by atoms with E-state index in [2.05, 4.69) is 4.99 Å². The van der Waals surface area contributed by atoms with Crippen LogP contribution in [0.25, 0.3) is 0 Å². The molecule has 0 saturated heterocycles. The molecule has 0 radical (unpaired) electrons. The first-order valence-electron chi connectivity index (χ1n) is 5.59. The van der Waals surface area contributed by atoms with Gasteiger partial charge in [0.25, 0.3) is 0 Å². The highest BCUT2D eigenvalue weighted by atomic mass is 16.7. The van der Waals surface area contributed by atoms with E-state index in [0.717, 1.165) is 0 Å². The summed E-state index contributed by atoms with van der Waals surface area (Å²) in [5, 5.41) is 17.4. The predicted molar refractivity (Wildman–Crippen MR) is 67.5 cm³/mol. The minimum absolute atomic E-state index is 0.229. The van der Waals surface area contributed by atoms with Crippen LogP contribution in [0, 0.1) is 22.7 Å². The Morgan fingerprint density at radius 1 is 1.22 bits per heavy atom. The third-order valence-corrected chi connectivity index (χ3v) is 1.72. The Hall–Kier alpha value is -1.89. The first kappa shape index (κ1) is 16.1.